The normalized spacial score (nSPS) is 26.6. The second-order valence-corrected chi connectivity index (χ2v) is 11.6. The highest BCUT2D eigenvalue weighted by Gasteiger charge is 2.28. The third kappa shape index (κ3) is 5.85. The van der Waals surface area contributed by atoms with Crippen molar-refractivity contribution in [3.05, 3.63) is 36.0 Å². The SMILES string of the molecule is NC1CCC(NCCC(c2cn(CC3CCCCC3)c3ccccc23)C2CCCCC2)CC1. The van der Waals surface area contributed by atoms with Crippen LogP contribution >= 0.6 is 0 Å². The summed E-state index contributed by atoms with van der Waals surface area (Å²) >= 11 is 0. The minimum atomic E-state index is 0.438. The Morgan fingerprint density at radius 1 is 0.848 bits per heavy atom. The number of nitrogens with two attached hydrogens (primary N) is 1. The van der Waals surface area contributed by atoms with E-state index in [1.54, 1.807) is 5.56 Å². The van der Waals surface area contributed by atoms with Gasteiger partial charge >= 0.3 is 0 Å². The molecule has 0 amide bonds. The maximum Gasteiger partial charge on any atom is 0.0483 e. The lowest BCUT2D eigenvalue weighted by Crippen LogP contribution is -2.38. The molecule has 3 fully saturated rings. The second kappa shape index (κ2) is 11.4. The van der Waals surface area contributed by atoms with E-state index in [2.05, 4.69) is 40.3 Å². The summed E-state index contributed by atoms with van der Waals surface area (Å²) < 4.78 is 2.65. The zero-order chi connectivity index (χ0) is 22.5. The molecule has 3 heteroatoms. The first-order chi connectivity index (χ1) is 16.3. The average Bonchev–Trinajstić information content (AvgIpc) is 3.22. The number of nitrogens with one attached hydrogen (secondary N) is 1. The molecule has 3 nitrogen and oxygen atoms in total. The molecule has 1 unspecified atom stereocenters. The lowest BCUT2D eigenvalue weighted by molar-refractivity contribution is 0.282. The van der Waals surface area contributed by atoms with Crippen LogP contribution in [0.4, 0.5) is 0 Å². The molecule has 33 heavy (non-hydrogen) atoms. The summed E-state index contributed by atoms with van der Waals surface area (Å²) in [7, 11) is 0. The van der Waals surface area contributed by atoms with Crippen LogP contribution in [0.15, 0.2) is 30.5 Å². The molecule has 2 aromatic rings. The Hall–Kier alpha value is -1.32. The zero-order valence-corrected chi connectivity index (χ0v) is 20.8. The maximum absolute atomic E-state index is 6.14. The Morgan fingerprint density at radius 3 is 2.30 bits per heavy atom. The summed E-state index contributed by atoms with van der Waals surface area (Å²) in [4.78, 5) is 0. The van der Waals surface area contributed by atoms with Crippen LogP contribution in [0.3, 0.4) is 0 Å². The number of hydrogen-bond donors (Lipinski definition) is 2. The predicted octanol–water partition coefficient (Wildman–Crippen LogP) is 7.14. The molecule has 0 radical (unpaired) electrons. The van der Waals surface area contributed by atoms with Gasteiger partial charge < -0.3 is 15.6 Å². The molecule has 1 aromatic heterocycles. The largest absolute Gasteiger partial charge is 0.347 e. The molecular formula is C30H47N3. The molecular weight excluding hydrogens is 402 g/mol. The first kappa shape index (κ1) is 23.4. The van der Waals surface area contributed by atoms with Crippen LogP contribution in [0.25, 0.3) is 10.9 Å². The number of para-hydroxylation sites is 1. The van der Waals surface area contributed by atoms with Crippen LogP contribution in [0.1, 0.15) is 108 Å². The zero-order valence-electron chi connectivity index (χ0n) is 20.8. The molecule has 1 heterocycles. The molecule has 182 valence electrons. The molecule has 3 aliphatic rings. The highest BCUT2D eigenvalue weighted by Crippen LogP contribution is 2.42. The predicted molar refractivity (Wildman–Crippen MR) is 141 cm³/mol. The Balaban J connectivity index is 1.35. The minimum absolute atomic E-state index is 0.438. The van der Waals surface area contributed by atoms with Gasteiger partial charge in [-0.1, -0.05) is 56.7 Å². The number of hydrogen-bond acceptors (Lipinski definition) is 2. The van der Waals surface area contributed by atoms with Crippen LogP contribution in [0, 0.1) is 11.8 Å². The number of rotatable bonds is 8. The quantitative estimate of drug-likeness (QED) is 0.450. The van der Waals surface area contributed by atoms with Gasteiger partial charge in [-0.15, -0.1) is 0 Å². The molecule has 3 N–H and O–H groups in total. The Labute approximate surface area is 201 Å². The van der Waals surface area contributed by atoms with Gasteiger partial charge in [-0.3, -0.25) is 0 Å². The number of benzene rings is 1. The van der Waals surface area contributed by atoms with Crippen LogP contribution in [-0.2, 0) is 6.54 Å². The van der Waals surface area contributed by atoms with E-state index < -0.39 is 0 Å². The van der Waals surface area contributed by atoms with Crippen molar-refractivity contribution in [2.24, 2.45) is 17.6 Å². The molecule has 0 aliphatic heterocycles. The fraction of sp³-hybridized carbons (Fsp3) is 0.733. The van der Waals surface area contributed by atoms with Crippen molar-refractivity contribution in [1.29, 1.82) is 0 Å². The van der Waals surface area contributed by atoms with Crippen LogP contribution in [0.5, 0.6) is 0 Å². The van der Waals surface area contributed by atoms with E-state index in [0.29, 0.717) is 18.0 Å². The third-order valence-electron chi connectivity index (χ3n) is 9.28. The van der Waals surface area contributed by atoms with Crippen molar-refractivity contribution in [1.82, 2.24) is 9.88 Å². The van der Waals surface area contributed by atoms with Crippen LogP contribution in [0.2, 0.25) is 0 Å². The van der Waals surface area contributed by atoms with Crippen LogP contribution in [-0.4, -0.2) is 23.2 Å². The number of nitrogens with zero attached hydrogens (tertiary/aromatic N) is 1. The topological polar surface area (TPSA) is 43.0 Å². The summed E-state index contributed by atoms with van der Waals surface area (Å²) in [5.41, 5.74) is 9.27. The lowest BCUT2D eigenvalue weighted by Gasteiger charge is -2.32. The summed E-state index contributed by atoms with van der Waals surface area (Å²) in [5, 5.41) is 5.47. The Bertz CT molecular complexity index is 851. The van der Waals surface area contributed by atoms with Gasteiger partial charge in [0.05, 0.1) is 0 Å². The van der Waals surface area contributed by atoms with Crippen molar-refractivity contribution >= 4 is 10.9 Å². The van der Waals surface area contributed by atoms with E-state index in [9.17, 15) is 0 Å². The van der Waals surface area contributed by atoms with Crippen molar-refractivity contribution in [3.8, 4) is 0 Å². The number of aromatic nitrogens is 1. The first-order valence-corrected chi connectivity index (χ1v) is 14.3. The van der Waals surface area contributed by atoms with Gasteiger partial charge in [0.1, 0.15) is 0 Å². The van der Waals surface area contributed by atoms with E-state index in [1.807, 2.05) is 0 Å². The molecule has 3 saturated carbocycles. The molecule has 0 spiro atoms. The summed E-state index contributed by atoms with van der Waals surface area (Å²) in [6, 6.07) is 10.4. The van der Waals surface area contributed by atoms with Crippen LogP contribution < -0.4 is 11.1 Å². The lowest BCUT2D eigenvalue weighted by atomic mass is 9.75. The van der Waals surface area contributed by atoms with Gasteiger partial charge in [-0.2, -0.15) is 0 Å². The molecule has 3 aliphatic carbocycles. The monoisotopic (exact) mass is 449 g/mol. The van der Waals surface area contributed by atoms with Gasteiger partial charge in [0.15, 0.2) is 0 Å². The fourth-order valence-electron chi connectivity index (χ4n) is 7.32. The summed E-state index contributed by atoms with van der Waals surface area (Å²) in [5.74, 6) is 2.42. The first-order valence-electron chi connectivity index (χ1n) is 14.3. The van der Waals surface area contributed by atoms with Gasteiger partial charge in [-0.05, 0) is 93.7 Å². The standard InChI is InChI=1S/C30H47N3/c31-25-15-17-26(18-16-25)32-20-19-27(24-11-5-2-6-12-24)29-22-33(21-23-9-3-1-4-10-23)30-14-8-7-13-28(29)30/h7-8,13-14,22-27,32H,1-6,9-12,15-21,31H2. The highest BCUT2D eigenvalue weighted by atomic mass is 15.0. The van der Waals surface area contributed by atoms with E-state index in [1.165, 1.54) is 114 Å². The average molecular weight is 450 g/mol. The molecule has 0 bridgehead atoms. The van der Waals surface area contributed by atoms with E-state index in [4.69, 9.17) is 5.73 Å². The van der Waals surface area contributed by atoms with E-state index in [0.717, 1.165) is 18.4 Å². The van der Waals surface area contributed by atoms with E-state index >= 15 is 0 Å². The Kier molecular flexibility index (Phi) is 8.09. The third-order valence-corrected chi connectivity index (χ3v) is 9.28. The van der Waals surface area contributed by atoms with Crippen molar-refractivity contribution in [2.45, 2.75) is 121 Å². The molecule has 1 atom stereocenters. The molecule has 5 rings (SSSR count). The van der Waals surface area contributed by atoms with Gasteiger partial charge in [0.2, 0.25) is 0 Å². The highest BCUT2D eigenvalue weighted by molar-refractivity contribution is 5.84. The molecule has 1 aromatic carbocycles. The van der Waals surface area contributed by atoms with Gasteiger partial charge in [-0.25, -0.2) is 0 Å². The molecule has 0 saturated heterocycles. The number of fused-ring (bicyclic) bond motifs is 1. The van der Waals surface area contributed by atoms with E-state index in [-0.39, 0.29) is 0 Å². The van der Waals surface area contributed by atoms with Crippen molar-refractivity contribution in [2.75, 3.05) is 6.54 Å². The second-order valence-electron chi connectivity index (χ2n) is 11.6. The maximum atomic E-state index is 6.14. The summed E-state index contributed by atoms with van der Waals surface area (Å²) in [6.07, 6.45) is 23.1. The summed E-state index contributed by atoms with van der Waals surface area (Å²) in [6.45, 7) is 2.38. The fourth-order valence-corrected chi connectivity index (χ4v) is 7.32. The van der Waals surface area contributed by atoms with Crippen molar-refractivity contribution < 1.29 is 0 Å². The van der Waals surface area contributed by atoms with Gasteiger partial charge in [0, 0.05) is 35.7 Å². The van der Waals surface area contributed by atoms with Gasteiger partial charge in [0.25, 0.3) is 0 Å². The smallest absolute Gasteiger partial charge is 0.0483 e. The minimum Gasteiger partial charge on any atom is -0.347 e. The van der Waals surface area contributed by atoms with Crippen molar-refractivity contribution in [3.63, 3.8) is 0 Å². The Morgan fingerprint density at radius 2 is 1.55 bits per heavy atom.